The van der Waals surface area contributed by atoms with Crippen LogP contribution < -0.4 is 10.6 Å². The number of nitrogens with one attached hydrogen (secondary N) is 2. The zero-order valence-electron chi connectivity index (χ0n) is 16.3. The van der Waals surface area contributed by atoms with Gasteiger partial charge in [-0.15, -0.1) is 11.3 Å². The Bertz CT molecular complexity index is 948. The lowest BCUT2D eigenvalue weighted by molar-refractivity contribution is 0.0523. The van der Waals surface area contributed by atoms with Gasteiger partial charge in [0.05, 0.1) is 15.6 Å². The molecule has 0 aliphatic rings. The van der Waals surface area contributed by atoms with Crippen molar-refractivity contribution in [3.8, 4) is 10.6 Å². The fourth-order valence-electron chi connectivity index (χ4n) is 2.36. The second-order valence-corrected chi connectivity index (χ2v) is 8.42. The molecule has 0 saturated carbocycles. The van der Waals surface area contributed by atoms with E-state index in [1.807, 2.05) is 64.2 Å². The minimum Gasteiger partial charge on any atom is -0.444 e. The molecular weight excluding hydrogens is 374 g/mol. The Kier molecular flexibility index (Phi) is 5.89. The SMILES string of the molecule is Cc1ncc(-c2ccnc(Nc3ccc(CNC(=O)OC(C)(C)C)cc3)n2)s1. The van der Waals surface area contributed by atoms with Gasteiger partial charge in [0.15, 0.2) is 0 Å². The smallest absolute Gasteiger partial charge is 0.407 e. The molecule has 0 aliphatic carbocycles. The van der Waals surface area contributed by atoms with E-state index in [0.717, 1.165) is 26.8 Å². The largest absolute Gasteiger partial charge is 0.444 e. The molecule has 1 aromatic carbocycles. The first-order chi connectivity index (χ1) is 13.3. The van der Waals surface area contributed by atoms with Crippen LogP contribution in [0.15, 0.2) is 42.7 Å². The predicted molar refractivity (Wildman–Crippen MR) is 111 cm³/mol. The van der Waals surface area contributed by atoms with Crippen molar-refractivity contribution in [3.05, 3.63) is 53.3 Å². The summed E-state index contributed by atoms with van der Waals surface area (Å²) >= 11 is 1.59. The molecule has 0 atom stereocenters. The molecule has 0 radical (unpaired) electrons. The highest BCUT2D eigenvalue weighted by molar-refractivity contribution is 7.15. The minimum absolute atomic E-state index is 0.395. The zero-order chi connectivity index (χ0) is 20.1. The third-order valence-electron chi connectivity index (χ3n) is 3.58. The van der Waals surface area contributed by atoms with Crippen molar-refractivity contribution >= 4 is 29.1 Å². The number of carbonyl (C=O) groups excluding carboxylic acids is 1. The third kappa shape index (κ3) is 5.75. The summed E-state index contributed by atoms with van der Waals surface area (Å²) in [5, 5.41) is 6.93. The summed E-state index contributed by atoms with van der Waals surface area (Å²) in [6.07, 6.45) is 3.11. The summed E-state index contributed by atoms with van der Waals surface area (Å²) in [7, 11) is 0. The predicted octanol–water partition coefficient (Wildman–Crippen LogP) is 4.68. The number of amides is 1. The Morgan fingerprint density at radius 3 is 2.54 bits per heavy atom. The number of hydrogen-bond donors (Lipinski definition) is 2. The Morgan fingerprint density at radius 2 is 1.89 bits per heavy atom. The van der Waals surface area contributed by atoms with Crippen LogP contribution in [0.25, 0.3) is 10.6 Å². The molecule has 3 aromatic rings. The van der Waals surface area contributed by atoms with Crippen molar-refractivity contribution in [2.75, 3.05) is 5.32 Å². The van der Waals surface area contributed by atoms with Crippen molar-refractivity contribution in [1.82, 2.24) is 20.3 Å². The number of benzene rings is 1. The summed E-state index contributed by atoms with van der Waals surface area (Å²) in [6.45, 7) is 7.86. The first-order valence-electron chi connectivity index (χ1n) is 8.87. The number of hydrogen-bond acceptors (Lipinski definition) is 7. The van der Waals surface area contributed by atoms with Gasteiger partial charge in [-0.3, -0.25) is 0 Å². The lowest BCUT2D eigenvalue weighted by Gasteiger charge is -2.19. The number of rotatable bonds is 5. The average Bonchev–Trinajstić information content (AvgIpc) is 3.06. The Morgan fingerprint density at radius 1 is 1.14 bits per heavy atom. The first-order valence-corrected chi connectivity index (χ1v) is 9.69. The van der Waals surface area contributed by atoms with Gasteiger partial charge in [-0.2, -0.15) is 0 Å². The highest BCUT2D eigenvalue weighted by Gasteiger charge is 2.15. The van der Waals surface area contributed by atoms with Crippen LogP contribution in [0.2, 0.25) is 0 Å². The third-order valence-corrected chi connectivity index (χ3v) is 4.51. The first kappa shape index (κ1) is 19.8. The molecule has 0 saturated heterocycles. The topological polar surface area (TPSA) is 89.0 Å². The van der Waals surface area contributed by atoms with Crippen LogP contribution in [0.3, 0.4) is 0 Å². The number of nitrogens with zero attached hydrogens (tertiary/aromatic N) is 3. The molecule has 1 amide bonds. The number of anilines is 2. The van der Waals surface area contributed by atoms with Gasteiger partial charge in [0.25, 0.3) is 0 Å². The molecule has 0 spiro atoms. The molecule has 2 heterocycles. The molecular formula is C20H23N5O2S. The summed E-state index contributed by atoms with van der Waals surface area (Å²) in [5.41, 5.74) is 2.15. The molecule has 2 N–H and O–H groups in total. The van der Waals surface area contributed by atoms with Crippen LogP contribution in [0.5, 0.6) is 0 Å². The van der Waals surface area contributed by atoms with Crippen molar-refractivity contribution in [2.24, 2.45) is 0 Å². The van der Waals surface area contributed by atoms with Crippen LogP contribution in [0.4, 0.5) is 16.4 Å². The molecule has 0 bridgehead atoms. The molecule has 3 rings (SSSR count). The minimum atomic E-state index is -0.510. The van der Waals surface area contributed by atoms with Gasteiger partial charge in [-0.25, -0.2) is 19.7 Å². The van der Waals surface area contributed by atoms with E-state index in [-0.39, 0.29) is 0 Å². The van der Waals surface area contributed by atoms with E-state index < -0.39 is 11.7 Å². The lowest BCUT2D eigenvalue weighted by Crippen LogP contribution is -2.32. The Hall–Kier alpha value is -3.00. The molecule has 0 unspecified atom stereocenters. The van der Waals surface area contributed by atoms with Gasteiger partial charge < -0.3 is 15.4 Å². The second-order valence-electron chi connectivity index (χ2n) is 7.19. The normalized spacial score (nSPS) is 11.1. The van der Waals surface area contributed by atoms with Crippen LogP contribution in [-0.4, -0.2) is 26.6 Å². The van der Waals surface area contributed by atoms with E-state index in [2.05, 4.69) is 25.6 Å². The van der Waals surface area contributed by atoms with Crippen molar-refractivity contribution < 1.29 is 9.53 Å². The fraction of sp³-hybridized carbons (Fsp3) is 0.300. The maximum Gasteiger partial charge on any atom is 0.407 e. The number of thiazole rings is 1. The number of carbonyl (C=O) groups is 1. The van der Waals surface area contributed by atoms with Crippen LogP contribution in [-0.2, 0) is 11.3 Å². The van der Waals surface area contributed by atoms with Gasteiger partial charge in [-0.05, 0) is 51.5 Å². The average molecular weight is 398 g/mol. The van der Waals surface area contributed by atoms with E-state index in [9.17, 15) is 4.79 Å². The van der Waals surface area contributed by atoms with Gasteiger partial charge in [0.1, 0.15) is 5.60 Å². The highest BCUT2D eigenvalue weighted by atomic mass is 32.1. The van der Waals surface area contributed by atoms with E-state index in [1.54, 1.807) is 17.5 Å². The summed E-state index contributed by atoms with van der Waals surface area (Å²) in [5.74, 6) is 0.517. The molecule has 7 nitrogen and oxygen atoms in total. The van der Waals surface area contributed by atoms with Gasteiger partial charge in [-0.1, -0.05) is 12.1 Å². The van der Waals surface area contributed by atoms with Crippen molar-refractivity contribution in [3.63, 3.8) is 0 Å². The maximum absolute atomic E-state index is 11.7. The Labute approximate surface area is 168 Å². The molecule has 146 valence electrons. The van der Waals surface area contributed by atoms with Crippen molar-refractivity contribution in [2.45, 2.75) is 39.8 Å². The molecule has 0 aliphatic heterocycles. The number of ether oxygens (including phenoxy) is 1. The second kappa shape index (κ2) is 8.35. The molecule has 28 heavy (non-hydrogen) atoms. The van der Waals surface area contributed by atoms with Gasteiger partial charge >= 0.3 is 6.09 Å². The fourth-order valence-corrected chi connectivity index (χ4v) is 3.11. The van der Waals surface area contributed by atoms with Crippen LogP contribution in [0, 0.1) is 6.92 Å². The van der Waals surface area contributed by atoms with E-state index >= 15 is 0 Å². The summed E-state index contributed by atoms with van der Waals surface area (Å²) < 4.78 is 5.23. The van der Waals surface area contributed by atoms with Crippen molar-refractivity contribution in [1.29, 1.82) is 0 Å². The molecule has 8 heteroatoms. The maximum atomic E-state index is 11.7. The summed E-state index contributed by atoms with van der Waals surface area (Å²) in [6, 6.07) is 9.55. The standard InChI is InChI=1S/C20H23N5O2S/c1-13-22-12-17(28-13)16-9-10-21-18(25-16)24-15-7-5-14(6-8-15)11-23-19(26)27-20(2,3)4/h5-10,12H,11H2,1-4H3,(H,23,26)(H,21,24,25). The van der Waals surface area contributed by atoms with E-state index in [0.29, 0.717) is 12.5 Å². The zero-order valence-corrected chi connectivity index (χ0v) is 17.1. The summed E-state index contributed by atoms with van der Waals surface area (Å²) in [4.78, 5) is 25.8. The lowest BCUT2D eigenvalue weighted by atomic mass is 10.2. The van der Waals surface area contributed by atoms with E-state index in [4.69, 9.17) is 4.74 Å². The quantitative estimate of drug-likeness (QED) is 0.650. The van der Waals surface area contributed by atoms with Crippen LogP contribution in [0.1, 0.15) is 31.3 Å². The number of aryl methyl sites for hydroxylation is 1. The van der Waals surface area contributed by atoms with Gasteiger partial charge in [0.2, 0.25) is 5.95 Å². The van der Waals surface area contributed by atoms with Crippen LogP contribution >= 0.6 is 11.3 Å². The number of alkyl carbamates (subject to hydrolysis) is 1. The number of aromatic nitrogens is 3. The molecule has 0 fully saturated rings. The monoisotopic (exact) mass is 397 g/mol. The Balaban J connectivity index is 1.59. The van der Waals surface area contributed by atoms with Gasteiger partial charge in [0, 0.05) is 24.6 Å². The highest BCUT2D eigenvalue weighted by Crippen LogP contribution is 2.25. The molecule has 2 aromatic heterocycles. The van der Waals surface area contributed by atoms with E-state index in [1.165, 1.54) is 0 Å².